The molecule has 3 heterocycles. The summed E-state index contributed by atoms with van der Waals surface area (Å²) in [5.74, 6) is 0.871. The predicted octanol–water partition coefficient (Wildman–Crippen LogP) is 1.58. The molecule has 102 valence electrons. The molecule has 3 rings (SSSR count). The van der Waals surface area contributed by atoms with Crippen molar-refractivity contribution in [3.05, 3.63) is 0 Å². The highest BCUT2D eigenvalue weighted by molar-refractivity contribution is 5.81. The molecule has 3 atom stereocenters. The molecular weight excluding hydrogens is 230 g/mol. The van der Waals surface area contributed by atoms with Gasteiger partial charge in [0, 0.05) is 19.7 Å². The molecule has 3 aliphatic rings. The van der Waals surface area contributed by atoms with E-state index in [1.165, 1.54) is 6.42 Å². The fourth-order valence-corrected chi connectivity index (χ4v) is 3.49. The molecule has 0 N–H and O–H groups in total. The molecule has 3 aliphatic heterocycles. The first-order valence-electron chi connectivity index (χ1n) is 7.27. The Balaban J connectivity index is 1.59. The fraction of sp³-hybridized carbons (Fsp3) is 0.929. The lowest BCUT2D eigenvalue weighted by atomic mass is 9.92. The minimum absolute atomic E-state index is 0.0328. The summed E-state index contributed by atoms with van der Waals surface area (Å²) in [5.41, 5.74) is -0.0328. The minimum Gasteiger partial charge on any atom is -0.373 e. The van der Waals surface area contributed by atoms with Gasteiger partial charge in [-0.2, -0.15) is 0 Å². The summed E-state index contributed by atoms with van der Waals surface area (Å²) < 4.78 is 11.5. The second-order valence-electron chi connectivity index (χ2n) is 5.98. The molecule has 18 heavy (non-hydrogen) atoms. The molecule has 3 fully saturated rings. The van der Waals surface area contributed by atoms with E-state index in [1.54, 1.807) is 0 Å². The van der Waals surface area contributed by atoms with Crippen molar-refractivity contribution in [2.75, 3.05) is 26.3 Å². The minimum atomic E-state index is -0.177. The Bertz CT molecular complexity index is 327. The second kappa shape index (κ2) is 4.82. The number of rotatable bonds is 2. The van der Waals surface area contributed by atoms with Crippen LogP contribution in [0.1, 0.15) is 39.0 Å². The SMILES string of the molecule is CCC1COC2(CCN(C(=O)C3CCCO3)C2)C1. The Labute approximate surface area is 109 Å². The fourth-order valence-electron chi connectivity index (χ4n) is 3.49. The van der Waals surface area contributed by atoms with E-state index in [-0.39, 0.29) is 17.6 Å². The van der Waals surface area contributed by atoms with E-state index < -0.39 is 0 Å². The van der Waals surface area contributed by atoms with Crippen molar-refractivity contribution >= 4 is 5.91 Å². The van der Waals surface area contributed by atoms with Crippen LogP contribution in [0.5, 0.6) is 0 Å². The van der Waals surface area contributed by atoms with Crippen molar-refractivity contribution in [2.45, 2.75) is 50.7 Å². The monoisotopic (exact) mass is 253 g/mol. The number of ether oxygens (including phenoxy) is 2. The Hall–Kier alpha value is -0.610. The number of amides is 1. The topological polar surface area (TPSA) is 38.8 Å². The molecular formula is C14H23NO3. The number of carbonyl (C=O) groups is 1. The van der Waals surface area contributed by atoms with Gasteiger partial charge in [0.05, 0.1) is 12.2 Å². The molecule has 0 aromatic carbocycles. The van der Waals surface area contributed by atoms with Gasteiger partial charge >= 0.3 is 0 Å². The van der Waals surface area contributed by atoms with Gasteiger partial charge in [0.25, 0.3) is 5.91 Å². The summed E-state index contributed by atoms with van der Waals surface area (Å²) in [6.07, 6.45) is 5.04. The highest BCUT2D eigenvalue weighted by atomic mass is 16.5. The van der Waals surface area contributed by atoms with Crippen molar-refractivity contribution in [1.29, 1.82) is 0 Å². The van der Waals surface area contributed by atoms with Gasteiger partial charge in [-0.05, 0) is 31.6 Å². The van der Waals surface area contributed by atoms with Gasteiger partial charge in [0.1, 0.15) is 6.10 Å². The van der Waals surface area contributed by atoms with Crippen LogP contribution < -0.4 is 0 Å². The number of hydrogen-bond donors (Lipinski definition) is 0. The third-order valence-corrected chi connectivity index (χ3v) is 4.70. The second-order valence-corrected chi connectivity index (χ2v) is 5.98. The van der Waals surface area contributed by atoms with Crippen molar-refractivity contribution in [3.8, 4) is 0 Å². The quantitative estimate of drug-likeness (QED) is 0.750. The lowest BCUT2D eigenvalue weighted by Crippen LogP contribution is -2.40. The zero-order valence-corrected chi connectivity index (χ0v) is 11.2. The van der Waals surface area contributed by atoms with Crippen molar-refractivity contribution < 1.29 is 14.3 Å². The van der Waals surface area contributed by atoms with Crippen molar-refractivity contribution in [2.24, 2.45) is 5.92 Å². The average molecular weight is 253 g/mol. The maximum absolute atomic E-state index is 12.3. The summed E-state index contributed by atoms with van der Waals surface area (Å²) >= 11 is 0. The highest BCUT2D eigenvalue weighted by Crippen LogP contribution is 2.39. The van der Waals surface area contributed by atoms with Crippen molar-refractivity contribution in [3.63, 3.8) is 0 Å². The van der Waals surface area contributed by atoms with Crippen LogP contribution >= 0.6 is 0 Å². The first kappa shape index (κ1) is 12.4. The van der Waals surface area contributed by atoms with E-state index in [2.05, 4.69) is 6.92 Å². The zero-order chi connectivity index (χ0) is 12.6. The first-order chi connectivity index (χ1) is 8.72. The molecule has 0 bridgehead atoms. The third kappa shape index (κ3) is 2.16. The van der Waals surface area contributed by atoms with Crippen LogP contribution in [0.3, 0.4) is 0 Å². The zero-order valence-electron chi connectivity index (χ0n) is 11.2. The smallest absolute Gasteiger partial charge is 0.251 e. The number of hydrogen-bond acceptors (Lipinski definition) is 3. The van der Waals surface area contributed by atoms with Crippen LogP contribution in [-0.4, -0.2) is 48.8 Å². The maximum Gasteiger partial charge on any atom is 0.251 e. The summed E-state index contributed by atoms with van der Waals surface area (Å²) in [6, 6.07) is 0. The number of nitrogens with zero attached hydrogens (tertiary/aromatic N) is 1. The molecule has 0 aliphatic carbocycles. The molecule has 3 saturated heterocycles. The van der Waals surface area contributed by atoms with Crippen LogP contribution in [0.15, 0.2) is 0 Å². The van der Waals surface area contributed by atoms with Gasteiger partial charge in [0.2, 0.25) is 0 Å². The van der Waals surface area contributed by atoms with E-state index in [4.69, 9.17) is 9.47 Å². The number of likely N-dealkylation sites (tertiary alicyclic amines) is 1. The maximum atomic E-state index is 12.3. The van der Waals surface area contributed by atoms with E-state index >= 15 is 0 Å². The molecule has 3 unspecified atom stereocenters. The standard InChI is InChI=1S/C14H23NO3/c1-2-11-8-14(18-9-11)5-6-15(10-14)13(16)12-4-3-7-17-12/h11-12H,2-10H2,1H3. The Morgan fingerprint density at radius 1 is 1.50 bits per heavy atom. The number of carbonyl (C=O) groups excluding carboxylic acids is 1. The van der Waals surface area contributed by atoms with Crippen molar-refractivity contribution in [1.82, 2.24) is 4.90 Å². The molecule has 0 saturated carbocycles. The van der Waals surface area contributed by atoms with Crippen LogP contribution in [0.25, 0.3) is 0 Å². The van der Waals surface area contributed by atoms with Gasteiger partial charge in [-0.15, -0.1) is 0 Å². The largest absolute Gasteiger partial charge is 0.373 e. The van der Waals surface area contributed by atoms with Gasteiger partial charge in [0.15, 0.2) is 0 Å². The predicted molar refractivity (Wildman–Crippen MR) is 67.3 cm³/mol. The van der Waals surface area contributed by atoms with Gasteiger partial charge in [-0.25, -0.2) is 0 Å². The molecule has 4 heteroatoms. The van der Waals surface area contributed by atoms with E-state index in [1.807, 2.05) is 4.90 Å². The van der Waals surface area contributed by atoms with Crippen LogP contribution in [0, 0.1) is 5.92 Å². The molecule has 4 nitrogen and oxygen atoms in total. The van der Waals surface area contributed by atoms with Crippen LogP contribution in [0.2, 0.25) is 0 Å². The molecule has 0 radical (unpaired) electrons. The summed E-state index contributed by atoms with van der Waals surface area (Å²) in [6.45, 7) is 5.46. The molecule has 0 aromatic rings. The first-order valence-corrected chi connectivity index (χ1v) is 7.27. The molecule has 0 aromatic heterocycles. The third-order valence-electron chi connectivity index (χ3n) is 4.70. The molecule has 1 spiro atoms. The highest BCUT2D eigenvalue weighted by Gasteiger charge is 2.47. The van der Waals surface area contributed by atoms with Crippen LogP contribution in [0.4, 0.5) is 0 Å². The summed E-state index contributed by atoms with van der Waals surface area (Å²) in [7, 11) is 0. The summed E-state index contributed by atoms with van der Waals surface area (Å²) in [4.78, 5) is 14.3. The van der Waals surface area contributed by atoms with Gasteiger partial charge in [-0.1, -0.05) is 13.3 Å². The Morgan fingerprint density at radius 3 is 3.06 bits per heavy atom. The Kier molecular flexibility index (Phi) is 3.32. The normalized spacial score (nSPS) is 39.9. The van der Waals surface area contributed by atoms with E-state index in [0.29, 0.717) is 5.92 Å². The lowest BCUT2D eigenvalue weighted by molar-refractivity contribution is -0.140. The lowest BCUT2D eigenvalue weighted by Gasteiger charge is -2.24. The van der Waals surface area contributed by atoms with E-state index in [0.717, 1.165) is 52.0 Å². The average Bonchev–Trinajstić information content (AvgIpc) is 3.10. The summed E-state index contributed by atoms with van der Waals surface area (Å²) in [5, 5.41) is 0. The van der Waals surface area contributed by atoms with Gasteiger partial charge < -0.3 is 14.4 Å². The van der Waals surface area contributed by atoms with E-state index in [9.17, 15) is 4.79 Å². The van der Waals surface area contributed by atoms with Crippen LogP contribution in [-0.2, 0) is 14.3 Å². The molecule has 1 amide bonds. The van der Waals surface area contributed by atoms with Gasteiger partial charge in [-0.3, -0.25) is 4.79 Å². The Morgan fingerprint density at radius 2 is 2.39 bits per heavy atom.